The second-order valence-electron chi connectivity index (χ2n) is 7.02. The lowest BCUT2D eigenvalue weighted by Gasteiger charge is -2.15. The lowest BCUT2D eigenvalue weighted by Crippen LogP contribution is -2.18. The SMILES string of the molecule is O=C(Nc1ccnn1C1CCCC1)c1ccc(OCC2CCCO2)cc1. The van der Waals surface area contributed by atoms with E-state index in [-0.39, 0.29) is 12.0 Å². The average Bonchev–Trinajstić information content (AvgIpc) is 3.42. The normalized spacial score (nSPS) is 20.4. The number of carbonyl (C=O) groups is 1. The van der Waals surface area contributed by atoms with Gasteiger partial charge in [-0.2, -0.15) is 5.10 Å². The molecule has 1 saturated carbocycles. The second kappa shape index (κ2) is 7.91. The summed E-state index contributed by atoms with van der Waals surface area (Å²) < 4.78 is 13.2. The summed E-state index contributed by atoms with van der Waals surface area (Å²) in [5, 5.41) is 7.37. The van der Waals surface area contributed by atoms with Crippen LogP contribution in [0.1, 0.15) is 54.9 Å². The number of anilines is 1. The van der Waals surface area contributed by atoms with Crippen molar-refractivity contribution in [2.24, 2.45) is 0 Å². The van der Waals surface area contributed by atoms with E-state index >= 15 is 0 Å². The van der Waals surface area contributed by atoms with Gasteiger partial charge in [0, 0.05) is 18.2 Å². The molecule has 1 saturated heterocycles. The van der Waals surface area contributed by atoms with E-state index in [2.05, 4.69) is 10.4 Å². The highest BCUT2D eigenvalue weighted by molar-refractivity contribution is 6.03. The summed E-state index contributed by atoms with van der Waals surface area (Å²) >= 11 is 0. The Balaban J connectivity index is 1.35. The van der Waals surface area contributed by atoms with Gasteiger partial charge in [0.15, 0.2) is 0 Å². The smallest absolute Gasteiger partial charge is 0.256 e. The number of benzene rings is 1. The van der Waals surface area contributed by atoms with Crippen molar-refractivity contribution in [1.82, 2.24) is 9.78 Å². The lowest BCUT2D eigenvalue weighted by molar-refractivity contribution is 0.0679. The summed E-state index contributed by atoms with van der Waals surface area (Å²) in [4.78, 5) is 12.5. The summed E-state index contributed by atoms with van der Waals surface area (Å²) in [5.74, 6) is 1.39. The second-order valence-corrected chi connectivity index (χ2v) is 7.02. The third-order valence-corrected chi connectivity index (χ3v) is 5.16. The minimum atomic E-state index is -0.129. The van der Waals surface area contributed by atoms with Crippen molar-refractivity contribution in [2.75, 3.05) is 18.5 Å². The van der Waals surface area contributed by atoms with Crippen LogP contribution in [0.15, 0.2) is 36.5 Å². The molecule has 6 nitrogen and oxygen atoms in total. The van der Waals surface area contributed by atoms with Crippen LogP contribution in [0.25, 0.3) is 0 Å². The van der Waals surface area contributed by atoms with E-state index in [9.17, 15) is 4.79 Å². The van der Waals surface area contributed by atoms with Crippen LogP contribution in [0.4, 0.5) is 5.82 Å². The van der Waals surface area contributed by atoms with Gasteiger partial charge in [-0.25, -0.2) is 4.68 Å². The number of rotatable bonds is 6. The fraction of sp³-hybridized carbons (Fsp3) is 0.500. The zero-order valence-corrected chi connectivity index (χ0v) is 14.9. The van der Waals surface area contributed by atoms with Crippen LogP contribution in [0, 0.1) is 0 Å². The van der Waals surface area contributed by atoms with Gasteiger partial charge in [0.2, 0.25) is 0 Å². The molecule has 6 heteroatoms. The molecule has 0 radical (unpaired) electrons. The van der Waals surface area contributed by atoms with Crippen LogP contribution in [-0.4, -0.2) is 35.0 Å². The molecule has 2 heterocycles. The Bertz CT molecular complexity index is 729. The van der Waals surface area contributed by atoms with Crippen LogP contribution in [0.2, 0.25) is 0 Å². The van der Waals surface area contributed by atoms with Crippen LogP contribution in [0.3, 0.4) is 0 Å². The molecule has 1 aromatic heterocycles. The molecule has 0 spiro atoms. The van der Waals surface area contributed by atoms with Gasteiger partial charge in [-0.05, 0) is 49.9 Å². The van der Waals surface area contributed by atoms with Crippen molar-refractivity contribution in [1.29, 1.82) is 0 Å². The predicted octanol–water partition coefficient (Wildman–Crippen LogP) is 3.81. The number of nitrogens with zero attached hydrogens (tertiary/aromatic N) is 2. The van der Waals surface area contributed by atoms with Crippen LogP contribution >= 0.6 is 0 Å². The molecule has 1 aromatic carbocycles. The molecule has 138 valence electrons. The Labute approximate surface area is 153 Å². The minimum Gasteiger partial charge on any atom is -0.491 e. The van der Waals surface area contributed by atoms with E-state index in [1.807, 2.05) is 22.9 Å². The zero-order chi connectivity index (χ0) is 17.8. The maximum absolute atomic E-state index is 12.5. The highest BCUT2D eigenvalue weighted by atomic mass is 16.5. The van der Waals surface area contributed by atoms with Crippen molar-refractivity contribution in [3.8, 4) is 5.75 Å². The van der Waals surface area contributed by atoms with E-state index in [4.69, 9.17) is 9.47 Å². The molecule has 26 heavy (non-hydrogen) atoms. The minimum absolute atomic E-state index is 0.129. The molecule has 0 bridgehead atoms. The third-order valence-electron chi connectivity index (χ3n) is 5.16. The highest BCUT2D eigenvalue weighted by Crippen LogP contribution is 2.31. The van der Waals surface area contributed by atoms with Gasteiger partial charge >= 0.3 is 0 Å². The molecular weight excluding hydrogens is 330 g/mol. The summed E-state index contributed by atoms with van der Waals surface area (Å²) in [7, 11) is 0. The summed E-state index contributed by atoms with van der Waals surface area (Å²) in [6.45, 7) is 1.39. The fourth-order valence-corrected chi connectivity index (χ4v) is 3.71. The van der Waals surface area contributed by atoms with E-state index in [1.54, 1.807) is 18.3 Å². The van der Waals surface area contributed by atoms with Gasteiger partial charge in [-0.1, -0.05) is 12.8 Å². The Hall–Kier alpha value is -2.34. The predicted molar refractivity (Wildman–Crippen MR) is 98.6 cm³/mol. The van der Waals surface area contributed by atoms with Crippen LogP contribution in [0.5, 0.6) is 5.75 Å². The Morgan fingerprint density at radius 2 is 1.96 bits per heavy atom. The topological polar surface area (TPSA) is 65.4 Å². The molecule has 1 amide bonds. The Kier molecular flexibility index (Phi) is 5.20. The fourth-order valence-electron chi connectivity index (χ4n) is 3.71. The first-order valence-electron chi connectivity index (χ1n) is 9.49. The van der Waals surface area contributed by atoms with Crippen molar-refractivity contribution in [3.63, 3.8) is 0 Å². The number of ether oxygens (including phenoxy) is 2. The van der Waals surface area contributed by atoms with Crippen molar-refractivity contribution in [2.45, 2.75) is 50.7 Å². The monoisotopic (exact) mass is 355 g/mol. The van der Waals surface area contributed by atoms with Gasteiger partial charge in [0.1, 0.15) is 18.2 Å². The first-order chi connectivity index (χ1) is 12.8. The standard InChI is InChI=1S/C20H25N3O3/c24-20(22-19-11-12-21-23(19)16-4-1-2-5-16)15-7-9-17(10-8-15)26-14-18-6-3-13-25-18/h7-12,16,18H,1-6,13-14H2,(H,22,24). The molecule has 1 unspecified atom stereocenters. The van der Waals surface area contributed by atoms with Crippen molar-refractivity contribution >= 4 is 11.7 Å². The average molecular weight is 355 g/mol. The van der Waals surface area contributed by atoms with Gasteiger partial charge in [-0.3, -0.25) is 4.79 Å². The third kappa shape index (κ3) is 3.90. The van der Waals surface area contributed by atoms with Gasteiger partial charge in [-0.15, -0.1) is 0 Å². The van der Waals surface area contributed by atoms with Crippen LogP contribution in [-0.2, 0) is 4.74 Å². The van der Waals surface area contributed by atoms with E-state index in [0.29, 0.717) is 18.2 Å². The van der Waals surface area contributed by atoms with E-state index in [1.165, 1.54) is 12.8 Å². The molecule has 2 aliphatic rings. The molecule has 4 rings (SSSR count). The first-order valence-corrected chi connectivity index (χ1v) is 9.49. The number of carbonyl (C=O) groups excluding carboxylic acids is 1. The zero-order valence-electron chi connectivity index (χ0n) is 14.9. The summed E-state index contributed by atoms with van der Waals surface area (Å²) in [5.41, 5.74) is 0.605. The summed E-state index contributed by atoms with van der Waals surface area (Å²) in [6, 6.07) is 9.49. The number of hydrogen-bond donors (Lipinski definition) is 1. The van der Waals surface area contributed by atoms with Gasteiger partial charge in [0.25, 0.3) is 5.91 Å². The van der Waals surface area contributed by atoms with Crippen molar-refractivity contribution < 1.29 is 14.3 Å². The summed E-state index contributed by atoms with van der Waals surface area (Å²) in [6.07, 6.45) is 8.79. The molecule has 1 aliphatic carbocycles. The van der Waals surface area contributed by atoms with E-state index in [0.717, 1.165) is 43.9 Å². The number of hydrogen-bond acceptors (Lipinski definition) is 4. The largest absolute Gasteiger partial charge is 0.491 e. The Morgan fingerprint density at radius 1 is 1.15 bits per heavy atom. The van der Waals surface area contributed by atoms with Crippen molar-refractivity contribution in [3.05, 3.63) is 42.1 Å². The Morgan fingerprint density at radius 3 is 2.69 bits per heavy atom. The highest BCUT2D eigenvalue weighted by Gasteiger charge is 2.21. The quantitative estimate of drug-likeness (QED) is 0.856. The number of amides is 1. The molecular formula is C20H25N3O3. The maximum atomic E-state index is 12.5. The maximum Gasteiger partial charge on any atom is 0.256 e. The van der Waals surface area contributed by atoms with Gasteiger partial charge in [0.05, 0.1) is 18.3 Å². The molecule has 1 atom stereocenters. The first kappa shape index (κ1) is 17.1. The molecule has 2 fully saturated rings. The molecule has 1 aliphatic heterocycles. The number of aromatic nitrogens is 2. The molecule has 1 N–H and O–H groups in total. The molecule has 2 aromatic rings. The van der Waals surface area contributed by atoms with Crippen LogP contribution < -0.4 is 10.1 Å². The van der Waals surface area contributed by atoms with Gasteiger partial charge < -0.3 is 14.8 Å². The number of nitrogens with one attached hydrogen (secondary N) is 1. The van der Waals surface area contributed by atoms with E-state index < -0.39 is 0 Å². The lowest BCUT2D eigenvalue weighted by atomic mass is 10.2.